The van der Waals surface area contributed by atoms with Crippen LogP contribution in [0, 0.1) is 5.82 Å². The van der Waals surface area contributed by atoms with Crippen LogP contribution >= 0.6 is 11.8 Å². The van der Waals surface area contributed by atoms with E-state index in [2.05, 4.69) is 71.1 Å². The molecule has 3 atom stereocenters. The van der Waals surface area contributed by atoms with E-state index < -0.39 is 11.6 Å². The smallest absolute Gasteiger partial charge is 0.244 e. The summed E-state index contributed by atoms with van der Waals surface area (Å²) >= 11 is 1.76. The molecule has 1 amide bonds. The van der Waals surface area contributed by atoms with Crippen molar-refractivity contribution < 1.29 is 9.18 Å². The van der Waals surface area contributed by atoms with Gasteiger partial charge in [-0.2, -0.15) is 0 Å². The molecule has 2 fully saturated rings. The second-order valence-electron chi connectivity index (χ2n) is 11.6. The van der Waals surface area contributed by atoms with Gasteiger partial charge in [0, 0.05) is 4.75 Å². The lowest BCUT2D eigenvalue weighted by molar-refractivity contribution is -0.150. The molecule has 1 aromatic heterocycles. The highest BCUT2D eigenvalue weighted by atomic mass is 32.2. The largest absolute Gasteiger partial charge is 0.315 e. The van der Waals surface area contributed by atoms with Crippen molar-refractivity contribution >= 4 is 17.7 Å². The number of hydrogen-bond donors (Lipinski definition) is 1. The van der Waals surface area contributed by atoms with Gasteiger partial charge in [0.1, 0.15) is 23.3 Å². The number of halogens is 1. The van der Waals surface area contributed by atoms with E-state index in [0.29, 0.717) is 12.4 Å². The molecule has 5 aromatic rings. The van der Waals surface area contributed by atoms with Crippen molar-refractivity contribution in [1.82, 2.24) is 30.4 Å². The third-order valence-electron chi connectivity index (χ3n) is 8.48. The summed E-state index contributed by atoms with van der Waals surface area (Å²) in [6, 6.07) is 36.5. The summed E-state index contributed by atoms with van der Waals surface area (Å²) in [5.74, 6) is 0.340. The van der Waals surface area contributed by atoms with E-state index in [1.165, 1.54) is 12.1 Å². The number of fused-ring (bicyclic) bond motifs is 1. The fraction of sp³-hybridized carbons (Fsp3) is 0.235. The Bertz CT molecular complexity index is 1630. The van der Waals surface area contributed by atoms with Crippen molar-refractivity contribution in [3.05, 3.63) is 149 Å². The highest BCUT2D eigenvalue weighted by Gasteiger charge is 2.64. The van der Waals surface area contributed by atoms with Crippen LogP contribution in [-0.2, 0) is 16.9 Å². The number of nitrogens with zero attached hydrogens (tertiary/aromatic N) is 5. The minimum absolute atomic E-state index is 0.0107. The van der Waals surface area contributed by atoms with E-state index in [1.54, 1.807) is 28.6 Å². The molecule has 3 unspecified atom stereocenters. The van der Waals surface area contributed by atoms with Gasteiger partial charge in [0.2, 0.25) is 5.91 Å². The molecule has 2 saturated heterocycles. The number of rotatable bonds is 8. The van der Waals surface area contributed by atoms with Gasteiger partial charge in [-0.25, -0.2) is 9.07 Å². The molecule has 2 aliphatic rings. The minimum atomic E-state index is -0.761. The highest BCUT2D eigenvalue weighted by molar-refractivity contribution is 8.01. The Balaban J connectivity index is 1.26. The Morgan fingerprint density at radius 2 is 1.37 bits per heavy atom. The Labute approximate surface area is 254 Å². The van der Waals surface area contributed by atoms with E-state index in [0.717, 1.165) is 22.3 Å². The van der Waals surface area contributed by atoms with Gasteiger partial charge in [0.15, 0.2) is 5.82 Å². The zero-order valence-electron chi connectivity index (χ0n) is 23.8. The van der Waals surface area contributed by atoms with Gasteiger partial charge < -0.3 is 4.90 Å². The fourth-order valence-corrected chi connectivity index (χ4v) is 8.12. The number of carbonyl (C=O) groups excluding carboxylic acids is 1. The third-order valence-corrected chi connectivity index (χ3v) is 10.1. The van der Waals surface area contributed by atoms with Crippen LogP contribution in [0.15, 0.2) is 115 Å². The quantitative estimate of drug-likeness (QED) is 0.189. The lowest BCUT2D eigenvalue weighted by Gasteiger charge is -2.49. The number of hydrogen-bond acceptors (Lipinski definition) is 6. The first-order valence-corrected chi connectivity index (χ1v) is 15.2. The average molecular weight is 591 g/mol. The van der Waals surface area contributed by atoms with Gasteiger partial charge in [-0.3, -0.25) is 10.1 Å². The molecule has 7 nitrogen and oxygen atoms in total. The molecule has 9 heteroatoms. The summed E-state index contributed by atoms with van der Waals surface area (Å²) in [5, 5.41) is 16.4. The molecule has 0 saturated carbocycles. The number of amides is 1. The predicted octanol–water partition coefficient (Wildman–Crippen LogP) is 5.55. The van der Waals surface area contributed by atoms with Crippen molar-refractivity contribution in [2.75, 3.05) is 0 Å². The summed E-state index contributed by atoms with van der Waals surface area (Å²) in [7, 11) is 0. The topological polar surface area (TPSA) is 75.9 Å². The molecule has 3 heterocycles. The van der Waals surface area contributed by atoms with Crippen LogP contribution in [-0.4, -0.2) is 47.2 Å². The monoisotopic (exact) mass is 590 g/mol. The summed E-state index contributed by atoms with van der Waals surface area (Å²) in [6.07, 6.45) is 0. The molecule has 2 aliphatic heterocycles. The van der Waals surface area contributed by atoms with Crippen LogP contribution in [0.1, 0.15) is 48.0 Å². The molecule has 7 rings (SSSR count). The van der Waals surface area contributed by atoms with Crippen LogP contribution in [0.4, 0.5) is 4.39 Å². The number of thioether (sulfide) groups is 1. The molecule has 4 aromatic carbocycles. The van der Waals surface area contributed by atoms with Crippen LogP contribution in [0.5, 0.6) is 0 Å². The summed E-state index contributed by atoms with van der Waals surface area (Å²) in [6.45, 7) is 4.66. The second kappa shape index (κ2) is 10.7. The second-order valence-corrected chi connectivity index (χ2v) is 13.3. The van der Waals surface area contributed by atoms with E-state index in [-0.39, 0.29) is 27.9 Å². The van der Waals surface area contributed by atoms with Gasteiger partial charge in [-0.15, -0.1) is 16.9 Å². The fourth-order valence-electron chi connectivity index (χ4n) is 6.49. The lowest BCUT2D eigenvalue weighted by atomic mass is 9.76. The van der Waals surface area contributed by atoms with Crippen LogP contribution in [0.3, 0.4) is 0 Å². The first-order chi connectivity index (χ1) is 20.9. The van der Waals surface area contributed by atoms with Crippen LogP contribution in [0.25, 0.3) is 0 Å². The minimum Gasteiger partial charge on any atom is -0.315 e. The number of β-lactam (4-membered cyclic amide) rings is 1. The maximum Gasteiger partial charge on any atom is 0.244 e. The highest BCUT2D eigenvalue weighted by Crippen LogP contribution is 2.57. The molecule has 0 bridgehead atoms. The number of carbonyl (C=O) groups is 1. The van der Waals surface area contributed by atoms with E-state index in [4.69, 9.17) is 0 Å². The Morgan fingerprint density at radius 3 is 1.91 bits per heavy atom. The van der Waals surface area contributed by atoms with Gasteiger partial charge in [0.25, 0.3) is 0 Å². The summed E-state index contributed by atoms with van der Waals surface area (Å²) < 4.78 is 14.9. The maximum atomic E-state index is 14.2. The standard InChI is InChI=1S/C34H31FN6OS/c1-33(2)29(30-37-38-39-40(30)22-23-18-20-27(35)21-19-23)41-31(42)28(32(41)43-33)36-34(24-12-6-3-7-13-24,25-14-8-4-9-15-25)26-16-10-5-11-17-26/h3-21,28-29,32,36H,22H2,1-2H3. The first-order valence-electron chi connectivity index (χ1n) is 14.3. The normalized spacial score (nSPS) is 21.0. The van der Waals surface area contributed by atoms with Gasteiger partial charge in [-0.1, -0.05) is 103 Å². The zero-order chi connectivity index (χ0) is 29.6. The number of nitrogens with one attached hydrogen (secondary N) is 1. The summed E-state index contributed by atoms with van der Waals surface area (Å²) in [4.78, 5) is 16.2. The van der Waals surface area contributed by atoms with Crippen LogP contribution in [0.2, 0.25) is 0 Å². The van der Waals surface area contributed by atoms with Crippen LogP contribution < -0.4 is 5.32 Å². The van der Waals surface area contributed by atoms with E-state index in [1.807, 2.05) is 59.5 Å². The molecule has 1 N–H and O–H groups in total. The van der Waals surface area contributed by atoms with Gasteiger partial charge >= 0.3 is 0 Å². The lowest BCUT2D eigenvalue weighted by Crippen LogP contribution is -2.70. The van der Waals surface area contributed by atoms with Crippen molar-refractivity contribution in [1.29, 1.82) is 0 Å². The molecular formula is C34H31FN6OS. The number of aromatic nitrogens is 4. The number of tetrazole rings is 1. The van der Waals surface area contributed by atoms with Gasteiger partial charge in [0.05, 0.1) is 12.1 Å². The zero-order valence-corrected chi connectivity index (χ0v) is 24.7. The summed E-state index contributed by atoms with van der Waals surface area (Å²) in [5.41, 5.74) is 3.29. The predicted molar refractivity (Wildman–Crippen MR) is 164 cm³/mol. The Hall–Kier alpha value is -4.34. The molecule has 0 spiro atoms. The molecule has 43 heavy (non-hydrogen) atoms. The van der Waals surface area contributed by atoms with E-state index in [9.17, 15) is 9.18 Å². The SMILES string of the molecule is CC1(C)SC2C(NC(c3ccccc3)(c3ccccc3)c3ccccc3)C(=O)N2C1c1nnnn1Cc1ccc(F)cc1. The van der Waals surface area contributed by atoms with Crippen molar-refractivity contribution in [3.63, 3.8) is 0 Å². The Morgan fingerprint density at radius 1 is 0.837 bits per heavy atom. The van der Waals surface area contributed by atoms with E-state index >= 15 is 0 Å². The van der Waals surface area contributed by atoms with Crippen molar-refractivity contribution in [2.24, 2.45) is 0 Å². The maximum absolute atomic E-state index is 14.2. The average Bonchev–Trinajstić information content (AvgIpc) is 3.59. The van der Waals surface area contributed by atoms with Gasteiger partial charge in [-0.05, 0) is 58.7 Å². The molecule has 0 aliphatic carbocycles. The molecule has 0 radical (unpaired) electrons. The van der Waals surface area contributed by atoms with Crippen molar-refractivity contribution in [2.45, 2.75) is 48.1 Å². The third kappa shape index (κ3) is 4.63. The number of benzene rings is 4. The molecular weight excluding hydrogens is 559 g/mol. The van der Waals surface area contributed by atoms with Crippen molar-refractivity contribution in [3.8, 4) is 0 Å². The first kappa shape index (κ1) is 27.5. The Kier molecular flexibility index (Phi) is 6.86. The molecule has 216 valence electrons.